The Kier molecular flexibility index (Phi) is 5.17. The first-order chi connectivity index (χ1) is 14.6. The predicted molar refractivity (Wildman–Crippen MR) is 110 cm³/mol. The van der Waals surface area contributed by atoms with Crippen molar-refractivity contribution in [1.29, 1.82) is 0 Å². The van der Waals surface area contributed by atoms with Gasteiger partial charge in [-0.05, 0) is 23.8 Å². The maximum Gasteiger partial charge on any atom is 0.256 e. The maximum absolute atomic E-state index is 12.8. The standard InChI is InChI=1S/C21H19N5O4/c1-29-15-9-8-14(11-16(15)30-2)20(28)23-18-12-19(27)24-21-22-17(25-26(18)21)10-13-6-4-3-5-7-13/h3-9,11-12H,10H2,1-2H3,(H,23,28)(H,22,24,25,27). The van der Waals surface area contributed by atoms with E-state index in [4.69, 9.17) is 9.47 Å². The van der Waals surface area contributed by atoms with Crippen molar-refractivity contribution in [2.24, 2.45) is 0 Å². The van der Waals surface area contributed by atoms with E-state index in [1.54, 1.807) is 18.2 Å². The molecule has 0 unspecified atom stereocenters. The van der Waals surface area contributed by atoms with Crippen LogP contribution in [-0.4, -0.2) is 39.7 Å². The molecule has 9 heteroatoms. The van der Waals surface area contributed by atoms with Gasteiger partial charge in [0.2, 0.25) is 5.78 Å². The van der Waals surface area contributed by atoms with Crippen molar-refractivity contribution < 1.29 is 14.3 Å². The number of anilines is 1. The number of hydrogen-bond donors (Lipinski definition) is 2. The zero-order chi connectivity index (χ0) is 21.1. The number of aromatic amines is 1. The van der Waals surface area contributed by atoms with Crippen LogP contribution >= 0.6 is 0 Å². The number of amides is 1. The van der Waals surface area contributed by atoms with Crippen molar-refractivity contribution in [3.63, 3.8) is 0 Å². The van der Waals surface area contributed by atoms with Crippen molar-refractivity contribution in [3.8, 4) is 11.5 Å². The molecule has 0 saturated carbocycles. The van der Waals surface area contributed by atoms with Gasteiger partial charge in [-0.2, -0.15) is 9.50 Å². The molecule has 2 aromatic carbocycles. The van der Waals surface area contributed by atoms with Gasteiger partial charge in [0.05, 0.1) is 14.2 Å². The number of methoxy groups -OCH3 is 2. The molecule has 0 saturated heterocycles. The number of H-pyrrole nitrogens is 1. The molecule has 0 aliphatic heterocycles. The normalized spacial score (nSPS) is 10.7. The van der Waals surface area contributed by atoms with Gasteiger partial charge in [-0.1, -0.05) is 30.3 Å². The van der Waals surface area contributed by atoms with Crippen LogP contribution in [0, 0.1) is 0 Å². The van der Waals surface area contributed by atoms with Gasteiger partial charge in [-0.15, -0.1) is 5.10 Å². The summed E-state index contributed by atoms with van der Waals surface area (Å²) in [5.74, 6) is 1.48. The molecule has 0 radical (unpaired) electrons. The first-order valence-corrected chi connectivity index (χ1v) is 9.13. The lowest BCUT2D eigenvalue weighted by atomic mass is 10.1. The lowest BCUT2D eigenvalue weighted by Gasteiger charge is -2.10. The number of fused-ring (bicyclic) bond motifs is 1. The Hall–Kier alpha value is -4.14. The van der Waals surface area contributed by atoms with Crippen LogP contribution in [0.2, 0.25) is 0 Å². The van der Waals surface area contributed by atoms with Gasteiger partial charge in [0.15, 0.2) is 17.3 Å². The first-order valence-electron chi connectivity index (χ1n) is 9.13. The van der Waals surface area contributed by atoms with E-state index in [2.05, 4.69) is 20.4 Å². The topological polar surface area (TPSA) is 111 Å². The van der Waals surface area contributed by atoms with Gasteiger partial charge in [-0.25, -0.2) is 0 Å². The third-order valence-electron chi connectivity index (χ3n) is 4.47. The van der Waals surface area contributed by atoms with Crippen LogP contribution in [0.3, 0.4) is 0 Å². The minimum absolute atomic E-state index is 0.209. The van der Waals surface area contributed by atoms with Gasteiger partial charge < -0.3 is 14.8 Å². The van der Waals surface area contributed by atoms with E-state index in [0.717, 1.165) is 5.56 Å². The molecule has 2 N–H and O–H groups in total. The van der Waals surface area contributed by atoms with Crippen molar-refractivity contribution in [1.82, 2.24) is 19.6 Å². The fourth-order valence-electron chi connectivity index (χ4n) is 3.04. The Balaban J connectivity index is 1.65. The largest absolute Gasteiger partial charge is 0.493 e. The van der Waals surface area contributed by atoms with Gasteiger partial charge in [-0.3, -0.25) is 14.6 Å². The van der Waals surface area contributed by atoms with Crippen LogP contribution in [-0.2, 0) is 6.42 Å². The predicted octanol–water partition coefficient (Wildman–Crippen LogP) is 2.28. The van der Waals surface area contributed by atoms with E-state index in [1.165, 1.54) is 24.8 Å². The van der Waals surface area contributed by atoms with Crippen molar-refractivity contribution in [2.75, 3.05) is 19.5 Å². The molecule has 2 aromatic heterocycles. The van der Waals surface area contributed by atoms with E-state index in [9.17, 15) is 9.59 Å². The van der Waals surface area contributed by atoms with E-state index < -0.39 is 11.5 Å². The van der Waals surface area contributed by atoms with E-state index >= 15 is 0 Å². The molecular formula is C21H19N5O4. The lowest BCUT2D eigenvalue weighted by molar-refractivity contribution is 0.102. The van der Waals surface area contributed by atoms with Crippen LogP contribution in [0.5, 0.6) is 11.5 Å². The second-order valence-electron chi connectivity index (χ2n) is 6.47. The summed E-state index contributed by atoms with van der Waals surface area (Å²) in [6.45, 7) is 0. The Labute approximate surface area is 171 Å². The van der Waals surface area contributed by atoms with Gasteiger partial charge >= 0.3 is 0 Å². The summed E-state index contributed by atoms with van der Waals surface area (Å²) in [6, 6.07) is 15.8. The van der Waals surface area contributed by atoms with Gasteiger partial charge in [0.25, 0.3) is 11.5 Å². The number of rotatable bonds is 6. The summed E-state index contributed by atoms with van der Waals surface area (Å²) in [4.78, 5) is 31.8. The van der Waals surface area contributed by atoms with E-state index in [1.807, 2.05) is 30.3 Å². The highest BCUT2D eigenvalue weighted by Gasteiger charge is 2.15. The molecule has 1 amide bonds. The summed E-state index contributed by atoms with van der Waals surface area (Å²) in [6.07, 6.45) is 0.494. The first kappa shape index (κ1) is 19.2. The number of carbonyl (C=O) groups excluding carboxylic acids is 1. The quantitative estimate of drug-likeness (QED) is 0.509. The summed E-state index contributed by atoms with van der Waals surface area (Å²) in [7, 11) is 3.01. The summed E-state index contributed by atoms with van der Waals surface area (Å²) < 4.78 is 11.8. The van der Waals surface area contributed by atoms with Crippen LogP contribution in [0.4, 0.5) is 5.82 Å². The Morgan fingerprint density at radius 1 is 1.07 bits per heavy atom. The molecule has 152 valence electrons. The molecular weight excluding hydrogens is 386 g/mol. The highest BCUT2D eigenvalue weighted by molar-refractivity contribution is 6.04. The van der Waals surface area contributed by atoms with Crippen molar-refractivity contribution in [2.45, 2.75) is 6.42 Å². The van der Waals surface area contributed by atoms with Gasteiger partial charge in [0.1, 0.15) is 5.82 Å². The van der Waals surface area contributed by atoms with Crippen LogP contribution in [0.15, 0.2) is 59.4 Å². The number of nitrogens with zero attached hydrogens (tertiary/aromatic N) is 3. The fourth-order valence-corrected chi connectivity index (χ4v) is 3.04. The Morgan fingerprint density at radius 3 is 2.57 bits per heavy atom. The van der Waals surface area contributed by atoms with E-state index in [-0.39, 0.29) is 11.6 Å². The average molecular weight is 405 g/mol. The highest BCUT2D eigenvalue weighted by atomic mass is 16.5. The molecule has 0 aliphatic carbocycles. The SMILES string of the molecule is COc1ccc(C(=O)Nc2cc(=O)[nH]c3nc(Cc4ccccc4)nn23)cc1OC. The highest BCUT2D eigenvalue weighted by Crippen LogP contribution is 2.27. The summed E-state index contributed by atoms with van der Waals surface area (Å²) in [5, 5.41) is 7.15. The zero-order valence-electron chi connectivity index (χ0n) is 16.4. The smallest absolute Gasteiger partial charge is 0.256 e. The molecule has 4 rings (SSSR count). The molecule has 0 spiro atoms. The molecule has 0 atom stereocenters. The summed E-state index contributed by atoms with van der Waals surface area (Å²) >= 11 is 0. The maximum atomic E-state index is 12.8. The van der Waals surface area contributed by atoms with Crippen LogP contribution in [0.25, 0.3) is 5.78 Å². The third-order valence-corrected chi connectivity index (χ3v) is 4.47. The molecule has 2 heterocycles. The van der Waals surface area contributed by atoms with E-state index in [0.29, 0.717) is 29.3 Å². The fraction of sp³-hybridized carbons (Fsp3) is 0.143. The van der Waals surface area contributed by atoms with Gasteiger partial charge in [0, 0.05) is 18.1 Å². The van der Waals surface area contributed by atoms with Crippen molar-refractivity contribution >= 4 is 17.5 Å². The number of aromatic nitrogens is 4. The Bertz CT molecular complexity index is 1260. The summed E-state index contributed by atoms with van der Waals surface area (Å²) in [5.41, 5.74) is 0.973. The molecule has 0 aliphatic rings. The minimum atomic E-state index is -0.428. The van der Waals surface area contributed by atoms with Crippen molar-refractivity contribution in [3.05, 3.63) is 81.9 Å². The molecule has 0 fully saturated rings. The number of benzene rings is 2. The van der Waals surface area contributed by atoms with Crippen LogP contribution < -0.4 is 20.3 Å². The molecule has 0 bridgehead atoms. The number of nitrogens with one attached hydrogen (secondary N) is 2. The third kappa shape index (κ3) is 3.86. The number of ether oxygens (including phenoxy) is 2. The number of hydrogen-bond acceptors (Lipinski definition) is 6. The average Bonchev–Trinajstić information content (AvgIpc) is 3.16. The molecule has 4 aromatic rings. The Morgan fingerprint density at radius 2 is 1.83 bits per heavy atom. The minimum Gasteiger partial charge on any atom is -0.493 e. The molecule has 30 heavy (non-hydrogen) atoms. The number of carbonyl (C=O) groups is 1. The van der Waals surface area contributed by atoms with Crippen LogP contribution in [0.1, 0.15) is 21.7 Å². The second-order valence-corrected chi connectivity index (χ2v) is 6.47. The molecule has 9 nitrogen and oxygen atoms in total. The second kappa shape index (κ2) is 8.08. The zero-order valence-corrected chi connectivity index (χ0v) is 16.4. The monoisotopic (exact) mass is 405 g/mol. The lowest BCUT2D eigenvalue weighted by Crippen LogP contribution is -2.18.